The summed E-state index contributed by atoms with van der Waals surface area (Å²) in [6, 6.07) is 14.9. The molecule has 3 nitrogen and oxygen atoms in total. The van der Waals surface area contributed by atoms with Gasteiger partial charge in [-0.25, -0.2) is 4.39 Å². The predicted octanol–water partition coefficient (Wildman–Crippen LogP) is 4.51. The van der Waals surface area contributed by atoms with Crippen molar-refractivity contribution in [3.63, 3.8) is 0 Å². The zero-order chi connectivity index (χ0) is 20.3. The molecule has 2 unspecified atom stereocenters. The van der Waals surface area contributed by atoms with E-state index in [2.05, 4.69) is 41.1 Å². The Morgan fingerprint density at radius 3 is 2.21 bits per heavy atom. The van der Waals surface area contributed by atoms with Crippen LogP contribution in [-0.2, 0) is 5.60 Å². The van der Waals surface area contributed by atoms with Gasteiger partial charge in [-0.1, -0.05) is 49.2 Å². The van der Waals surface area contributed by atoms with Crippen LogP contribution in [0.5, 0.6) is 0 Å². The van der Waals surface area contributed by atoms with E-state index in [0.717, 1.165) is 75.1 Å². The molecular weight excluding hydrogens is 363 g/mol. The average Bonchev–Trinajstić information content (AvgIpc) is 2.75. The van der Waals surface area contributed by atoms with E-state index in [9.17, 15) is 9.50 Å². The number of piperazine rings is 1. The van der Waals surface area contributed by atoms with Crippen molar-refractivity contribution in [2.24, 2.45) is 5.92 Å². The maximum atomic E-state index is 13.2. The zero-order valence-electron chi connectivity index (χ0n) is 17.5. The summed E-state index contributed by atoms with van der Waals surface area (Å²) in [4.78, 5) is 4.93. The highest BCUT2D eigenvalue weighted by atomic mass is 19.1. The third kappa shape index (κ3) is 4.71. The number of aliphatic hydroxyl groups is 1. The lowest BCUT2D eigenvalue weighted by atomic mass is 9.70. The van der Waals surface area contributed by atoms with Gasteiger partial charge in [-0.3, -0.25) is 0 Å². The number of hydrogen-bond donors (Lipinski definition) is 1. The SMILES string of the molecule is CN1CCN(CCC2CCCCC2(O)c2ccc(-c3ccc(F)cc3)cc2)CC1. The highest BCUT2D eigenvalue weighted by Gasteiger charge is 2.40. The summed E-state index contributed by atoms with van der Waals surface area (Å²) >= 11 is 0. The lowest BCUT2D eigenvalue weighted by Crippen LogP contribution is -2.46. The van der Waals surface area contributed by atoms with E-state index >= 15 is 0 Å². The number of rotatable bonds is 5. The normalized spacial score (nSPS) is 26.5. The highest BCUT2D eigenvalue weighted by molar-refractivity contribution is 5.63. The molecule has 1 N–H and O–H groups in total. The van der Waals surface area contributed by atoms with Crippen LogP contribution >= 0.6 is 0 Å². The largest absolute Gasteiger partial charge is 0.385 e. The molecule has 1 saturated heterocycles. The molecule has 0 bridgehead atoms. The minimum atomic E-state index is -0.730. The minimum absolute atomic E-state index is 0.218. The average molecular weight is 397 g/mol. The molecule has 2 atom stereocenters. The first-order valence-electron chi connectivity index (χ1n) is 11.0. The van der Waals surface area contributed by atoms with Crippen LogP contribution in [0.2, 0.25) is 0 Å². The van der Waals surface area contributed by atoms with Crippen molar-refractivity contribution in [2.75, 3.05) is 39.8 Å². The molecule has 0 radical (unpaired) electrons. The second-order valence-corrected chi connectivity index (χ2v) is 8.88. The van der Waals surface area contributed by atoms with Crippen LogP contribution in [0.3, 0.4) is 0 Å². The van der Waals surface area contributed by atoms with Crippen LogP contribution < -0.4 is 0 Å². The Morgan fingerprint density at radius 2 is 1.55 bits per heavy atom. The van der Waals surface area contributed by atoms with Crippen molar-refractivity contribution >= 4 is 0 Å². The molecule has 1 saturated carbocycles. The molecule has 2 aromatic carbocycles. The van der Waals surface area contributed by atoms with Gasteiger partial charge in [0.05, 0.1) is 5.60 Å². The van der Waals surface area contributed by atoms with Crippen LogP contribution in [0.1, 0.15) is 37.7 Å². The van der Waals surface area contributed by atoms with Gasteiger partial charge in [-0.2, -0.15) is 0 Å². The molecular formula is C25H33FN2O. The quantitative estimate of drug-likeness (QED) is 0.806. The molecule has 0 aromatic heterocycles. The zero-order valence-corrected chi connectivity index (χ0v) is 17.5. The number of hydrogen-bond acceptors (Lipinski definition) is 3. The van der Waals surface area contributed by atoms with Gasteiger partial charge in [0.1, 0.15) is 5.82 Å². The van der Waals surface area contributed by atoms with Crippen molar-refractivity contribution in [3.05, 3.63) is 59.9 Å². The van der Waals surface area contributed by atoms with E-state index in [4.69, 9.17) is 0 Å². The van der Waals surface area contributed by atoms with Gasteiger partial charge in [0.2, 0.25) is 0 Å². The third-order valence-electron chi connectivity index (χ3n) is 6.99. The molecule has 2 aromatic rings. The monoisotopic (exact) mass is 396 g/mol. The molecule has 1 heterocycles. The van der Waals surface area contributed by atoms with Gasteiger partial charge in [-0.05, 0) is 67.6 Å². The van der Waals surface area contributed by atoms with Gasteiger partial charge in [0.15, 0.2) is 0 Å². The summed E-state index contributed by atoms with van der Waals surface area (Å²) < 4.78 is 13.2. The maximum absolute atomic E-state index is 13.2. The van der Waals surface area contributed by atoms with E-state index < -0.39 is 5.60 Å². The minimum Gasteiger partial charge on any atom is -0.385 e. The van der Waals surface area contributed by atoms with E-state index in [1.807, 2.05) is 0 Å². The Balaban J connectivity index is 1.46. The fourth-order valence-corrected chi connectivity index (χ4v) is 4.99. The molecule has 29 heavy (non-hydrogen) atoms. The van der Waals surface area contributed by atoms with Crippen molar-refractivity contribution in [1.29, 1.82) is 0 Å². The molecule has 2 fully saturated rings. The number of nitrogens with zero attached hydrogens (tertiary/aromatic N) is 2. The molecule has 1 aliphatic carbocycles. The van der Waals surface area contributed by atoms with Gasteiger partial charge >= 0.3 is 0 Å². The van der Waals surface area contributed by atoms with Crippen LogP contribution in [0.4, 0.5) is 4.39 Å². The van der Waals surface area contributed by atoms with Gasteiger partial charge in [0, 0.05) is 26.2 Å². The van der Waals surface area contributed by atoms with Crippen LogP contribution in [0.15, 0.2) is 48.5 Å². The van der Waals surface area contributed by atoms with Gasteiger partial charge < -0.3 is 14.9 Å². The molecule has 156 valence electrons. The Bertz CT molecular complexity index is 783. The van der Waals surface area contributed by atoms with Crippen molar-refractivity contribution in [3.8, 4) is 11.1 Å². The summed E-state index contributed by atoms with van der Waals surface area (Å²) in [6.45, 7) is 5.62. The van der Waals surface area contributed by atoms with E-state index in [0.29, 0.717) is 5.92 Å². The third-order valence-corrected chi connectivity index (χ3v) is 6.99. The smallest absolute Gasteiger partial charge is 0.123 e. The Morgan fingerprint density at radius 1 is 0.931 bits per heavy atom. The molecule has 4 rings (SSSR count). The molecule has 2 aliphatic rings. The van der Waals surface area contributed by atoms with Gasteiger partial charge in [-0.15, -0.1) is 0 Å². The lowest BCUT2D eigenvalue weighted by molar-refractivity contribution is -0.0608. The van der Waals surface area contributed by atoms with Crippen molar-refractivity contribution in [2.45, 2.75) is 37.7 Å². The summed E-state index contributed by atoms with van der Waals surface area (Å²) in [7, 11) is 2.19. The second kappa shape index (κ2) is 8.95. The standard InChI is InChI=1S/C25H33FN2O/c1-27-16-18-28(19-17-27)15-13-22-4-2-3-14-25(22,29)23-9-5-20(6-10-23)21-7-11-24(26)12-8-21/h5-12,22,29H,2-4,13-19H2,1H3. The first-order valence-corrected chi connectivity index (χ1v) is 11.0. The molecule has 1 aliphatic heterocycles. The summed E-state index contributed by atoms with van der Waals surface area (Å²) in [5.41, 5.74) is 2.36. The fraction of sp³-hybridized carbons (Fsp3) is 0.520. The first-order chi connectivity index (χ1) is 14.0. The van der Waals surface area contributed by atoms with E-state index in [1.165, 1.54) is 18.6 Å². The lowest BCUT2D eigenvalue weighted by Gasteiger charge is -2.42. The van der Waals surface area contributed by atoms with Gasteiger partial charge in [0.25, 0.3) is 0 Å². The summed E-state index contributed by atoms with van der Waals surface area (Å²) in [5, 5.41) is 11.7. The molecule has 0 amide bonds. The predicted molar refractivity (Wildman–Crippen MR) is 116 cm³/mol. The van der Waals surface area contributed by atoms with Crippen molar-refractivity contribution < 1.29 is 9.50 Å². The van der Waals surface area contributed by atoms with Crippen LogP contribution in [0.25, 0.3) is 11.1 Å². The highest BCUT2D eigenvalue weighted by Crippen LogP contribution is 2.43. The number of halogens is 1. The Hall–Kier alpha value is -1.75. The van der Waals surface area contributed by atoms with E-state index in [1.54, 1.807) is 12.1 Å². The van der Waals surface area contributed by atoms with E-state index in [-0.39, 0.29) is 5.82 Å². The summed E-state index contributed by atoms with van der Waals surface area (Å²) in [6.07, 6.45) is 5.30. The first kappa shape index (κ1) is 20.5. The topological polar surface area (TPSA) is 26.7 Å². The van der Waals surface area contributed by atoms with Crippen LogP contribution in [0, 0.1) is 11.7 Å². The number of likely N-dealkylation sites (N-methyl/N-ethyl adjacent to an activating group) is 1. The molecule has 0 spiro atoms. The Labute approximate surface area is 174 Å². The second-order valence-electron chi connectivity index (χ2n) is 8.88. The fourth-order valence-electron chi connectivity index (χ4n) is 4.99. The summed E-state index contributed by atoms with van der Waals surface area (Å²) in [5.74, 6) is 0.0951. The Kier molecular flexibility index (Phi) is 6.33. The number of benzene rings is 2. The molecule has 4 heteroatoms. The maximum Gasteiger partial charge on any atom is 0.123 e. The van der Waals surface area contributed by atoms with Crippen LogP contribution in [-0.4, -0.2) is 54.7 Å². The van der Waals surface area contributed by atoms with Crippen molar-refractivity contribution in [1.82, 2.24) is 9.80 Å².